The molecule has 1 rings (SSSR count). The zero-order valence-electron chi connectivity index (χ0n) is 13.2. The summed E-state index contributed by atoms with van der Waals surface area (Å²) in [5.41, 5.74) is 0.433. The maximum Gasteiger partial charge on any atom is 0.251 e. The Morgan fingerprint density at radius 3 is 2.64 bits per heavy atom. The Morgan fingerprint density at radius 1 is 1.23 bits per heavy atom. The number of methoxy groups -OCH3 is 2. The SMILES string of the molecule is CCOc1c(Cl)cc(C(=O)NCCNCCOC)cc1OC. The molecule has 7 heteroatoms. The Hall–Kier alpha value is -1.50. The summed E-state index contributed by atoms with van der Waals surface area (Å²) >= 11 is 6.14. The van der Waals surface area contributed by atoms with Crippen LogP contribution in [0.5, 0.6) is 11.5 Å². The number of nitrogens with one attached hydrogen (secondary N) is 2. The lowest BCUT2D eigenvalue weighted by Gasteiger charge is -2.13. The molecule has 0 heterocycles. The molecule has 0 unspecified atom stereocenters. The molecule has 0 fully saturated rings. The molecule has 1 amide bonds. The van der Waals surface area contributed by atoms with Crippen LogP contribution in [0.3, 0.4) is 0 Å². The number of benzene rings is 1. The average molecular weight is 331 g/mol. The van der Waals surface area contributed by atoms with E-state index < -0.39 is 0 Å². The van der Waals surface area contributed by atoms with Crippen molar-refractivity contribution in [3.8, 4) is 11.5 Å². The highest BCUT2D eigenvalue weighted by Gasteiger charge is 2.15. The van der Waals surface area contributed by atoms with Gasteiger partial charge in [0.1, 0.15) is 0 Å². The quantitative estimate of drug-likeness (QED) is 0.639. The highest BCUT2D eigenvalue weighted by atomic mass is 35.5. The van der Waals surface area contributed by atoms with Crippen molar-refractivity contribution < 1.29 is 19.0 Å². The first kappa shape index (κ1) is 18.5. The van der Waals surface area contributed by atoms with Crippen molar-refractivity contribution in [2.75, 3.05) is 47.1 Å². The first-order valence-electron chi connectivity index (χ1n) is 7.12. The summed E-state index contributed by atoms with van der Waals surface area (Å²) in [4.78, 5) is 12.1. The molecule has 0 saturated heterocycles. The van der Waals surface area contributed by atoms with E-state index in [1.165, 1.54) is 7.11 Å². The van der Waals surface area contributed by atoms with E-state index in [0.717, 1.165) is 6.54 Å². The summed E-state index contributed by atoms with van der Waals surface area (Å²) in [6.07, 6.45) is 0. The minimum absolute atomic E-state index is 0.211. The average Bonchev–Trinajstić information content (AvgIpc) is 2.52. The van der Waals surface area contributed by atoms with Gasteiger partial charge in [-0.1, -0.05) is 11.6 Å². The summed E-state index contributed by atoms with van der Waals surface area (Å²) in [7, 11) is 3.15. The molecule has 1 aromatic carbocycles. The highest BCUT2D eigenvalue weighted by Crippen LogP contribution is 2.36. The van der Waals surface area contributed by atoms with Gasteiger partial charge >= 0.3 is 0 Å². The lowest BCUT2D eigenvalue weighted by molar-refractivity contribution is 0.0953. The Labute approximate surface area is 136 Å². The van der Waals surface area contributed by atoms with Crippen LogP contribution in [-0.2, 0) is 4.74 Å². The van der Waals surface area contributed by atoms with Gasteiger partial charge in [0.05, 0.1) is 25.3 Å². The van der Waals surface area contributed by atoms with E-state index in [2.05, 4.69) is 10.6 Å². The molecule has 0 atom stereocenters. The van der Waals surface area contributed by atoms with Crippen LogP contribution < -0.4 is 20.1 Å². The molecule has 0 spiro atoms. The summed E-state index contributed by atoms with van der Waals surface area (Å²) in [6, 6.07) is 3.19. The molecule has 1 aromatic rings. The zero-order valence-corrected chi connectivity index (χ0v) is 14.0. The van der Waals surface area contributed by atoms with Gasteiger partial charge in [0, 0.05) is 32.3 Å². The standard InChI is InChI=1S/C15H23ClN2O4/c1-4-22-14-12(16)9-11(10-13(14)21-3)15(19)18-6-5-17-7-8-20-2/h9-10,17H,4-8H2,1-3H3,(H,18,19). The largest absolute Gasteiger partial charge is 0.493 e. The van der Waals surface area contributed by atoms with Gasteiger partial charge in [0.15, 0.2) is 11.5 Å². The number of rotatable bonds is 10. The van der Waals surface area contributed by atoms with Crippen LogP contribution in [0.2, 0.25) is 5.02 Å². The van der Waals surface area contributed by atoms with Crippen molar-refractivity contribution in [3.63, 3.8) is 0 Å². The molecule has 0 aliphatic rings. The Kier molecular flexibility index (Phi) is 8.65. The van der Waals surface area contributed by atoms with Crippen LogP contribution in [0, 0.1) is 0 Å². The van der Waals surface area contributed by atoms with Gasteiger partial charge in [-0.3, -0.25) is 4.79 Å². The molecule has 0 radical (unpaired) electrons. The highest BCUT2D eigenvalue weighted by molar-refractivity contribution is 6.32. The van der Waals surface area contributed by atoms with E-state index >= 15 is 0 Å². The predicted octanol–water partition coefficient (Wildman–Crippen LogP) is 1.71. The van der Waals surface area contributed by atoms with E-state index in [9.17, 15) is 4.79 Å². The lowest BCUT2D eigenvalue weighted by Crippen LogP contribution is -2.33. The molecule has 0 bridgehead atoms. The third kappa shape index (κ3) is 5.71. The molecule has 0 aromatic heterocycles. The zero-order chi connectivity index (χ0) is 16.4. The minimum Gasteiger partial charge on any atom is -0.493 e. The summed E-state index contributed by atoms with van der Waals surface area (Å²) in [5, 5.41) is 6.30. The Balaban J connectivity index is 2.60. The summed E-state index contributed by atoms with van der Waals surface area (Å²) in [5.74, 6) is 0.680. The number of hydrogen-bond donors (Lipinski definition) is 2. The van der Waals surface area contributed by atoms with E-state index in [-0.39, 0.29) is 5.91 Å². The molecule has 0 saturated carbocycles. The topological polar surface area (TPSA) is 68.8 Å². The minimum atomic E-state index is -0.211. The Morgan fingerprint density at radius 2 is 2.00 bits per heavy atom. The third-order valence-electron chi connectivity index (χ3n) is 2.85. The second-order valence-electron chi connectivity index (χ2n) is 4.42. The van der Waals surface area contributed by atoms with Crippen molar-refractivity contribution >= 4 is 17.5 Å². The van der Waals surface area contributed by atoms with Gasteiger partial charge < -0.3 is 24.8 Å². The van der Waals surface area contributed by atoms with Crippen LogP contribution in [0.15, 0.2) is 12.1 Å². The van der Waals surface area contributed by atoms with E-state index in [1.807, 2.05) is 6.92 Å². The van der Waals surface area contributed by atoms with Gasteiger partial charge in [0.25, 0.3) is 5.91 Å². The van der Waals surface area contributed by atoms with E-state index in [1.54, 1.807) is 19.2 Å². The first-order valence-corrected chi connectivity index (χ1v) is 7.50. The molecule has 2 N–H and O–H groups in total. The fraction of sp³-hybridized carbons (Fsp3) is 0.533. The number of carbonyl (C=O) groups excluding carboxylic acids is 1. The maximum atomic E-state index is 12.1. The summed E-state index contributed by atoms with van der Waals surface area (Å²) in [6.45, 7) is 4.88. The van der Waals surface area contributed by atoms with Gasteiger partial charge in [-0.15, -0.1) is 0 Å². The number of hydrogen-bond acceptors (Lipinski definition) is 5. The van der Waals surface area contributed by atoms with Crippen LogP contribution in [0.4, 0.5) is 0 Å². The smallest absolute Gasteiger partial charge is 0.251 e. The third-order valence-corrected chi connectivity index (χ3v) is 3.13. The molecule has 124 valence electrons. The normalized spacial score (nSPS) is 10.4. The first-order chi connectivity index (χ1) is 10.6. The number of carbonyl (C=O) groups is 1. The van der Waals surface area contributed by atoms with Crippen LogP contribution in [0.1, 0.15) is 17.3 Å². The van der Waals surface area contributed by atoms with Gasteiger partial charge in [-0.25, -0.2) is 0 Å². The van der Waals surface area contributed by atoms with Crippen molar-refractivity contribution in [1.82, 2.24) is 10.6 Å². The van der Waals surface area contributed by atoms with Gasteiger partial charge in [-0.05, 0) is 19.1 Å². The van der Waals surface area contributed by atoms with Crippen LogP contribution in [0.25, 0.3) is 0 Å². The number of ether oxygens (including phenoxy) is 3. The van der Waals surface area contributed by atoms with Gasteiger partial charge in [0.2, 0.25) is 0 Å². The van der Waals surface area contributed by atoms with Crippen LogP contribution >= 0.6 is 11.6 Å². The molecular formula is C15H23ClN2O4. The fourth-order valence-corrected chi connectivity index (χ4v) is 2.07. The second kappa shape index (κ2) is 10.3. The van der Waals surface area contributed by atoms with Crippen molar-refractivity contribution in [2.24, 2.45) is 0 Å². The van der Waals surface area contributed by atoms with Crippen LogP contribution in [-0.4, -0.2) is 53.0 Å². The molecule has 0 aliphatic carbocycles. The van der Waals surface area contributed by atoms with Crippen molar-refractivity contribution in [1.29, 1.82) is 0 Å². The predicted molar refractivity (Wildman–Crippen MR) is 86.3 cm³/mol. The maximum absolute atomic E-state index is 12.1. The van der Waals surface area contributed by atoms with E-state index in [4.69, 9.17) is 25.8 Å². The monoisotopic (exact) mass is 330 g/mol. The second-order valence-corrected chi connectivity index (χ2v) is 4.83. The number of halogens is 1. The molecule has 6 nitrogen and oxygen atoms in total. The van der Waals surface area contributed by atoms with Crippen molar-refractivity contribution in [3.05, 3.63) is 22.7 Å². The molecule has 0 aliphatic heterocycles. The fourth-order valence-electron chi connectivity index (χ4n) is 1.80. The van der Waals surface area contributed by atoms with Gasteiger partial charge in [-0.2, -0.15) is 0 Å². The summed E-state index contributed by atoms with van der Waals surface area (Å²) < 4.78 is 15.6. The van der Waals surface area contributed by atoms with Crippen molar-refractivity contribution in [2.45, 2.75) is 6.92 Å². The van der Waals surface area contributed by atoms with E-state index in [0.29, 0.717) is 48.4 Å². The Bertz CT molecular complexity index is 483. The number of amides is 1. The molecule has 22 heavy (non-hydrogen) atoms. The lowest BCUT2D eigenvalue weighted by atomic mass is 10.2. The molecular weight excluding hydrogens is 308 g/mol.